The summed E-state index contributed by atoms with van der Waals surface area (Å²) in [5.74, 6) is -0.820. The van der Waals surface area contributed by atoms with Gasteiger partial charge in [0.15, 0.2) is 0 Å². The molecule has 1 aliphatic heterocycles. The van der Waals surface area contributed by atoms with E-state index in [2.05, 4.69) is 30.1 Å². The van der Waals surface area contributed by atoms with E-state index in [-0.39, 0.29) is 32.3 Å². The van der Waals surface area contributed by atoms with Crippen molar-refractivity contribution in [1.29, 1.82) is 0 Å². The van der Waals surface area contributed by atoms with Gasteiger partial charge >= 0.3 is 29.0 Å². The molecule has 1 atom stereocenters. The molecule has 4 nitrogen and oxygen atoms in total. The summed E-state index contributed by atoms with van der Waals surface area (Å²) in [5, 5.41) is 10.5. The number of aromatic amines is 1. The molecule has 0 fully saturated rings. The molecule has 2 heterocycles. The summed E-state index contributed by atoms with van der Waals surface area (Å²) in [6.45, 7) is 4.71. The van der Waals surface area contributed by atoms with Crippen molar-refractivity contribution < 1.29 is 17.5 Å². The van der Waals surface area contributed by atoms with Gasteiger partial charge in [-0.05, 0) is 30.4 Å². The summed E-state index contributed by atoms with van der Waals surface area (Å²) in [4.78, 5) is 14.8. The largest absolute Gasteiger partial charge is 2.00 e. The zero-order valence-corrected chi connectivity index (χ0v) is 14.7. The first-order valence-corrected chi connectivity index (χ1v) is 7.60. The molecule has 2 aromatic rings. The number of aromatic nitrogens is 1. The molecule has 0 saturated carbocycles. The van der Waals surface area contributed by atoms with Crippen molar-refractivity contribution in [2.75, 3.05) is 6.61 Å². The van der Waals surface area contributed by atoms with Gasteiger partial charge in [0.2, 0.25) is 0 Å². The van der Waals surface area contributed by atoms with Crippen LogP contribution in [0.2, 0.25) is 0 Å². The fraction of sp³-hybridized carbons (Fsp3) is 0.471. The van der Waals surface area contributed by atoms with Gasteiger partial charge in [0.1, 0.15) is 5.60 Å². The standard InChI is InChI=1S/C17H21NO3.Mg.2H/c1-3-11-6-5-7-12-13-8-9-21-17(4-2,10-14(19)20)16(13)18-15(11)12;;;/h5-7,18H,3-4,8-10H2,1-2H3,(H,19,20);;;/q;+2;2*-1. The maximum atomic E-state index is 11.3. The molecule has 0 radical (unpaired) electrons. The van der Waals surface area contributed by atoms with Gasteiger partial charge in [-0.3, -0.25) is 4.79 Å². The van der Waals surface area contributed by atoms with Crippen LogP contribution >= 0.6 is 0 Å². The SMILES string of the molecule is CCc1cccc2c3c([nH]c12)C(CC)(CC(=O)O)OCC3.[H-].[H-].[Mg+2]. The number of aryl methyl sites for hydroxylation is 1. The van der Waals surface area contributed by atoms with Crippen molar-refractivity contribution in [3.05, 3.63) is 35.0 Å². The molecule has 5 heteroatoms. The van der Waals surface area contributed by atoms with Crippen molar-refractivity contribution in [1.82, 2.24) is 4.98 Å². The number of aliphatic carboxylic acids is 1. The molecule has 3 rings (SSSR count). The Bertz CT molecular complexity index is 704. The molecule has 0 amide bonds. The van der Waals surface area contributed by atoms with Crippen molar-refractivity contribution >= 4 is 39.9 Å². The molecule has 1 unspecified atom stereocenters. The average Bonchev–Trinajstić information content (AvgIpc) is 2.87. The van der Waals surface area contributed by atoms with Crippen LogP contribution in [0.1, 0.15) is 46.4 Å². The number of rotatable bonds is 4. The number of para-hydroxylation sites is 1. The van der Waals surface area contributed by atoms with E-state index in [1.165, 1.54) is 16.5 Å². The van der Waals surface area contributed by atoms with Crippen LogP contribution < -0.4 is 0 Å². The number of fused-ring (bicyclic) bond motifs is 3. The summed E-state index contributed by atoms with van der Waals surface area (Å²) in [6, 6.07) is 6.32. The quantitative estimate of drug-likeness (QED) is 0.852. The van der Waals surface area contributed by atoms with Crippen LogP contribution in [0.3, 0.4) is 0 Å². The molecule has 1 aromatic carbocycles. The molecule has 2 N–H and O–H groups in total. The van der Waals surface area contributed by atoms with E-state index in [0.717, 1.165) is 24.1 Å². The van der Waals surface area contributed by atoms with Gasteiger partial charge in [-0.15, -0.1) is 0 Å². The summed E-state index contributed by atoms with van der Waals surface area (Å²) < 4.78 is 5.94. The third-order valence-corrected chi connectivity index (χ3v) is 4.60. The van der Waals surface area contributed by atoms with Crippen LogP contribution in [0.25, 0.3) is 10.9 Å². The second-order valence-electron chi connectivity index (χ2n) is 5.69. The Morgan fingerprint density at radius 3 is 2.86 bits per heavy atom. The second-order valence-corrected chi connectivity index (χ2v) is 5.69. The van der Waals surface area contributed by atoms with Crippen LogP contribution in [-0.2, 0) is 28.0 Å². The normalized spacial score (nSPS) is 20.5. The minimum absolute atomic E-state index is 0. The summed E-state index contributed by atoms with van der Waals surface area (Å²) in [6.07, 6.45) is 2.45. The molecule has 0 bridgehead atoms. The third-order valence-electron chi connectivity index (χ3n) is 4.60. The topological polar surface area (TPSA) is 62.3 Å². The first-order valence-electron chi connectivity index (χ1n) is 7.60. The smallest absolute Gasteiger partial charge is 1.00 e. The van der Waals surface area contributed by atoms with Crippen molar-refractivity contribution in [2.45, 2.75) is 45.1 Å². The first-order chi connectivity index (χ1) is 10.1. The van der Waals surface area contributed by atoms with Gasteiger partial charge in [-0.25, -0.2) is 0 Å². The van der Waals surface area contributed by atoms with Gasteiger partial charge < -0.3 is 17.7 Å². The maximum Gasteiger partial charge on any atom is 2.00 e. The van der Waals surface area contributed by atoms with Crippen LogP contribution in [0.15, 0.2) is 18.2 Å². The van der Waals surface area contributed by atoms with E-state index in [0.29, 0.717) is 13.0 Å². The Kier molecular flexibility index (Phi) is 5.20. The van der Waals surface area contributed by atoms with Crippen molar-refractivity contribution in [3.8, 4) is 0 Å². The van der Waals surface area contributed by atoms with E-state index in [1.54, 1.807) is 0 Å². The zero-order valence-electron chi connectivity index (χ0n) is 15.2. The third kappa shape index (κ3) is 2.66. The number of hydrogen-bond donors (Lipinski definition) is 2. The van der Waals surface area contributed by atoms with Gasteiger partial charge in [-0.2, -0.15) is 0 Å². The van der Waals surface area contributed by atoms with Gasteiger partial charge in [-0.1, -0.05) is 32.0 Å². The molecule has 1 aliphatic rings. The van der Waals surface area contributed by atoms with Crippen LogP contribution in [0.4, 0.5) is 0 Å². The Hall–Kier alpha value is -1.04. The van der Waals surface area contributed by atoms with Crippen LogP contribution in [0, 0.1) is 0 Å². The Morgan fingerprint density at radius 2 is 2.23 bits per heavy atom. The molecule has 22 heavy (non-hydrogen) atoms. The number of H-pyrrole nitrogens is 1. The molecule has 0 saturated heterocycles. The molecule has 1 aromatic heterocycles. The Balaban J connectivity index is 0.00000176. The second kappa shape index (κ2) is 6.60. The summed E-state index contributed by atoms with van der Waals surface area (Å²) in [5.41, 5.74) is 3.88. The molecule has 116 valence electrons. The number of benzene rings is 1. The fourth-order valence-electron chi connectivity index (χ4n) is 3.49. The molecular formula is C17H23MgNO3. The number of hydrogen-bond acceptors (Lipinski definition) is 2. The number of carbonyl (C=O) groups is 1. The molecule has 0 aliphatic carbocycles. The van der Waals surface area contributed by atoms with Crippen LogP contribution in [0.5, 0.6) is 0 Å². The van der Waals surface area contributed by atoms with E-state index >= 15 is 0 Å². The number of ether oxygens (including phenoxy) is 1. The van der Waals surface area contributed by atoms with Crippen molar-refractivity contribution in [2.24, 2.45) is 0 Å². The summed E-state index contributed by atoms with van der Waals surface area (Å²) >= 11 is 0. The predicted octanol–water partition coefficient (Wildman–Crippen LogP) is 3.23. The summed E-state index contributed by atoms with van der Waals surface area (Å²) in [7, 11) is 0. The monoisotopic (exact) mass is 313 g/mol. The number of carboxylic acid groups (broad SMARTS) is 1. The first kappa shape index (κ1) is 17.3. The van der Waals surface area contributed by atoms with Gasteiger partial charge in [0.05, 0.1) is 18.7 Å². The Morgan fingerprint density at radius 1 is 1.45 bits per heavy atom. The predicted molar refractivity (Wildman–Crippen MR) is 89.5 cm³/mol. The van der Waals surface area contributed by atoms with E-state index in [9.17, 15) is 9.90 Å². The van der Waals surface area contributed by atoms with E-state index in [4.69, 9.17) is 4.74 Å². The van der Waals surface area contributed by atoms with Gasteiger partial charge in [0.25, 0.3) is 0 Å². The van der Waals surface area contributed by atoms with Crippen molar-refractivity contribution in [3.63, 3.8) is 0 Å². The number of carboxylic acids is 1. The van der Waals surface area contributed by atoms with Crippen LogP contribution in [-0.4, -0.2) is 45.7 Å². The average molecular weight is 314 g/mol. The minimum Gasteiger partial charge on any atom is -1.00 e. The van der Waals surface area contributed by atoms with E-state index < -0.39 is 11.6 Å². The number of nitrogens with one attached hydrogen (secondary N) is 1. The molecular weight excluding hydrogens is 290 g/mol. The Labute approximate surface area is 149 Å². The minimum atomic E-state index is -0.820. The fourth-order valence-corrected chi connectivity index (χ4v) is 3.49. The van der Waals surface area contributed by atoms with Gasteiger partial charge in [0, 0.05) is 10.9 Å². The molecule has 0 spiro atoms. The van der Waals surface area contributed by atoms with E-state index in [1.807, 2.05) is 6.92 Å². The zero-order chi connectivity index (χ0) is 15.0. The maximum absolute atomic E-state index is 11.3.